The summed E-state index contributed by atoms with van der Waals surface area (Å²) in [6.45, 7) is 2.22. The van der Waals surface area contributed by atoms with Gasteiger partial charge in [-0.05, 0) is 30.6 Å². The van der Waals surface area contributed by atoms with Crippen LogP contribution in [0.1, 0.15) is 19.8 Å². The van der Waals surface area contributed by atoms with Crippen LogP contribution in [-0.2, 0) is 0 Å². The van der Waals surface area contributed by atoms with Crippen molar-refractivity contribution in [1.82, 2.24) is 0 Å². The summed E-state index contributed by atoms with van der Waals surface area (Å²) in [4.78, 5) is 0. The summed E-state index contributed by atoms with van der Waals surface area (Å²) in [6, 6.07) is 0.0844. The standard InChI is InChI=1S/C8H15NO/c1-4-2-5-3-6(4)8(10)7(5)9/h4-8,10H,2-3,9H2,1H3/t4-,5-,6-,7?,8?/m0/s1. The number of aliphatic hydroxyl groups is 1. The number of hydrogen-bond acceptors (Lipinski definition) is 2. The molecule has 0 aromatic rings. The Bertz CT molecular complexity index is 146. The number of nitrogens with two attached hydrogens (primary N) is 1. The Hall–Kier alpha value is -0.0800. The summed E-state index contributed by atoms with van der Waals surface area (Å²) in [5.41, 5.74) is 5.78. The number of rotatable bonds is 0. The van der Waals surface area contributed by atoms with Gasteiger partial charge >= 0.3 is 0 Å². The molecule has 2 bridgehead atoms. The number of aliphatic hydroxyl groups excluding tert-OH is 1. The lowest BCUT2D eigenvalue weighted by atomic mass is 9.85. The van der Waals surface area contributed by atoms with Gasteiger partial charge in [0.15, 0.2) is 0 Å². The third-order valence-corrected chi connectivity index (χ3v) is 3.36. The molecule has 2 unspecified atom stereocenters. The van der Waals surface area contributed by atoms with Crippen LogP contribution in [0.3, 0.4) is 0 Å². The van der Waals surface area contributed by atoms with E-state index >= 15 is 0 Å². The van der Waals surface area contributed by atoms with E-state index in [1.165, 1.54) is 12.8 Å². The molecule has 0 aliphatic heterocycles. The molecule has 2 nitrogen and oxygen atoms in total. The van der Waals surface area contributed by atoms with Crippen molar-refractivity contribution in [3.63, 3.8) is 0 Å². The highest BCUT2D eigenvalue weighted by Crippen LogP contribution is 2.47. The van der Waals surface area contributed by atoms with Gasteiger partial charge in [0, 0.05) is 6.04 Å². The molecular formula is C8H15NO. The van der Waals surface area contributed by atoms with Crippen LogP contribution >= 0.6 is 0 Å². The Morgan fingerprint density at radius 1 is 1.40 bits per heavy atom. The quantitative estimate of drug-likeness (QED) is 0.511. The first-order chi connectivity index (χ1) is 4.70. The number of fused-ring (bicyclic) bond motifs is 2. The molecule has 0 aromatic carbocycles. The first-order valence-corrected chi connectivity index (χ1v) is 4.14. The highest BCUT2D eigenvalue weighted by atomic mass is 16.3. The maximum atomic E-state index is 9.53. The van der Waals surface area contributed by atoms with Crippen LogP contribution in [0.15, 0.2) is 0 Å². The monoisotopic (exact) mass is 141 g/mol. The molecule has 2 aliphatic rings. The van der Waals surface area contributed by atoms with Crippen molar-refractivity contribution in [3.8, 4) is 0 Å². The fourth-order valence-electron chi connectivity index (χ4n) is 2.69. The van der Waals surface area contributed by atoms with Crippen LogP contribution in [0, 0.1) is 17.8 Å². The van der Waals surface area contributed by atoms with Crippen molar-refractivity contribution < 1.29 is 5.11 Å². The van der Waals surface area contributed by atoms with Crippen LogP contribution in [-0.4, -0.2) is 17.3 Å². The summed E-state index contributed by atoms with van der Waals surface area (Å²) < 4.78 is 0. The fourth-order valence-corrected chi connectivity index (χ4v) is 2.69. The van der Waals surface area contributed by atoms with Crippen molar-refractivity contribution in [2.24, 2.45) is 23.5 Å². The molecule has 2 rings (SSSR count). The van der Waals surface area contributed by atoms with Gasteiger partial charge in [-0.3, -0.25) is 0 Å². The van der Waals surface area contributed by atoms with Crippen LogP contribution in [0.4, 0.5) is 0 Å². The molecule has 0 amide bonds. The zero-order valence-corrected chi connectivity index (χ0v) is 6.33. The predicted molar refractivity (Wildman–Crippen MR) is 39.4 cm³/mol. The van der Waals surface area contributed by atoms with E-state index in [0.717, 1.165) is 0 Å². The highest BCUT2D eigenvalue weighted by Gasteiger charge is 2.48. The van der Waals surface area contributed by atoms with E-state index in [1.54, 1.807) is 0 Å². The minimum atomic E-state index is -0.200. The molecule has 3 N–H and O–H groups in total. The molecule has 2 fully saturated rings. The molecule has 0 radical (unpaired) electrons. The van der Waals surface area contributed by atoms with Gasteiger partial charge in [-0.1, -0.05) is 6.92 Å². The summed E-state index contributed by atoms with van der Waals surface area (Å²) >= 11 is 0. The third-order valence-electron chi connectivity index (χ3n) is 3.36. The second-order valence-corrected chi connectivity index (χ2v) is 3.94. The topological polar surface area (TPSA) is 46.2 Å². The zero-order chi connectivity index (χ0) is 7.30. The molecule has 58 valence electrons. The first kappa shape index (κ1) is 6.62. The third kappa shape index (κ3) is 0.663. The molecule has 5 atom stereocenters. The number of hydrogen-bond donors (Lipinski definition) is 2. The summed E-state index contributed by atoms with van der Waals surface area (Å²) in [5.74, 6) is 1.84. The normalized spacial score (nSPS) is 59.7. The first-order valence-electron chi connectivity index (χ1n) is 4.14. The Balaban J connectivity index is 2.16. The SMILES string of the molecule is C[C@H]1C[C@H]2C[C@@H]1C(O)C2N. The maximum absolute atomic E-state index is 9.53. The maximum Gasteiger partial charge on any atom is 0.0724 e. The van der Waals surface area contributed by atoms with Crippen LogP contribution in [0.5, 0.6) is 0 Å². The summed E-state index contributed by atoms with van der Waals surface area (Å²) in [6.07, 6.45) is 2.21. The average molecular weight is 141 g/mol. The van der Waals surface area contributed by atoms with Crippen molar-refractivity contribution in [1.29, 1.82) is 0 Å². The van der Waals surface area contributed by atoms with Gasteiger partial charge in [0.2, 0.25) is 0 Å². The predicted octanol–water partition coefficient (Wildman–Crippen LogP) is 0.350. The van der Waals surface area contributed by atoms with Gasteiger partial charge in [-0.15, -0.1) is 0 Å². The van der Waals surface area contributed by atoms with Gasteiger partial charge in [0.05, 0.1) is 6.10 Å². The van der Waals surface area contributed by atoms with Gasteiger partial charge in [0.1, 0.15) is 0 Å². The Labute approximate surface area is 61.4 Å². The van der Waals surface area contributed by atoms with E-state index in [9.17, 15) is 5.11 Å². The van der Waals surface area contributed by atoms with Gasteiger partial charge in [-0.25, -0.2) is 0 Å². The zero-order valence-electron chi connectivity index (χ0n) is 6.33. The molecular weight excluding hydrogens is 126 g/mol. The molecule has 0 spiro atoms. The molecule has 2 aliphatic carbocycles. The smallest absolute Gasteiger partial charge is 0.0724 e. The lowest BCUT2D eigenvalue weighted by Crippen LogP contribution is -2.42. The van der Waals surface area contributed by atoms with Crippen LogP contribution in [0.25, 0.3) is 0 Å². The van der Waals surface area contributed by atoms with Crippen molar-refractivity contribution in [2.75, 3.05) is 0 Å². The van der Waals surface area contributed by atoms with Crippen molar-refractivity contribution in [2.45, 2.75) is 31.9 Å². The van der Waals surface area contributed by atoms with Crippen molar-refractivity contribution in [3.05, 3.63) is 0 Å². The molecule has 0 heterocycles. The van der Waals surface area contributed by atoms with Crippen molar-refractivity contribution >= 4 is 0 Å². The van der Waals surface area contributed by atoms with E-state index < -0.39 is 0 Å². The lowest BCUT2D eigenvalue weighted by Gasteiger charge is -2.27. The van der Waals surface area contributed by atoms with E-state index in [0.29, 0.717) is 17.8 Å². The van der Waals surface area contributed by atoms with Crippen LogP contribution < -0.4 is 5.73 Å². The van der Waals surface area contributed by atoms with Gasteiger partial charge in [0.25, 0.3) is 0 Å². The Morgan fingerprint density at radius 2 is 2.10 bits per heavy atom. The van der Waals surface area contributed by atoms with E-state index in [-0.39, 0.29) is 12.1 Å². The minimum Gasteiger partial charge on any atom is -0.391 e. The molecule has 0 aromatic heterocycles. The Kier molecular flexibility index (Phi) is 1.29. The van der Waals surface area contributed by atoms with E-state index in [4.69, 9.17) is 5.73 Å². The van der Waals surface area contributed by atoms with E-state index in [2.05, 4.69) is 6.92 Å². The highest BCUT2D eigenvalue weighted by molar-refractivity contribution is 5.01. The Morgan fingerprint density at radius 3 is 2.50 bits per heavy atom. The summed E-state index contributed by atoms with van der Waals surface area (Å²) in [5, 5.41) is 9.53. The minimum absolute atomic E-state index is 0.0844. The second kappa shape index (κ2) is 1.95. The second-order valence-electron chi connectivity index (χ2n) is 3.94. The largest absolute Gasteiger partial charge is 0.391 e. The lowest BCUT2D eigenvalue weighted by molar-refractivity contribution is 0.0690. The van der Waals surface area contributed by atoms with Crippen LogP contribution in [0.2, 0.25) is 0 Å². The molecule has 2 saturated carbocycles. The van der Waals surface area contributed by atoms with E-state index in [1.807, 2.05) is 0 Å². The van der Waals surface area contributed by atoms with Gasteiger partial charge < -0.3 is 10.8 Å². The van der Waals surface area contributed by atoms with Gasteiger partial charge in [-0.2, -0.15) is 0 Å². The molecule has 10 heavy (non-hydrogen) atoms. The molecule has 0 saturated heterocycles. The molecule has 2 heteroatoms. The summed E-state index contributed by atoms with van der Waals surface area (Å²) in [7, 11) is 0. The fraction of sp³-hybridized carbons (Fsp3) is 1.00. The average Bonchev–Trinajstić information content (AvgIpc) is 2.36.